The Bertz CT molecular complexity index is 903. The average Bonchev–Trinajstić information content (AvgIpc) is 2.67. The number of nitrogens with one attached hydrogen (secondary N) is 1. The van der Waals surface area contributed by atoms with Gasteiger partial charge in [-0.15, -0.1) is 10.2 Å². The number of amides is 1. The third kappa shape index (κ3) is 4.80. The summed E-state index contributed by atoms with van der Waals surface area (Å²) in [6.07, 6.45) is 0. The van der Waals surface area contributed by atoms with Crippen LogP contribution in [0.4, 0.5) is 10.1 Å². The van der Waals surface area contributed by atoms with Crippen LogP contribution < -0.4 is 10.1 Å². The number of ether oxygens (including phenoxy) is 1. The lowest BCUT2D eigenvalue weighted by atomic mass is 10.1. The Morgan fingerprint density at radius 1 is 1.12 bits per heavy atom. The van der Waals surface area contributed by atoms with Gasteiger partial charge in [-0.2, -0.15) is 0 Å². The minimum absolute atomic E-state index is 0.156. The molecule has 0 radical (unpaired) electrons. The summed E-state index contributed by atoms with van der Waals surface area (Å²) in [5, 5.41) is 11.6. The van der Waals surface area contributed by atoms with Gasteiger partial charge < -0.3 is 10.1 Å². The summed E-state index contributed by atoms with van der Waals surface area (Å²) in [6, 6.07) is 17.0. The molecule has 0 unspecified atom stereocenters. The average molecular weight is 369 g/mol. The second-order valence-electron chi connectivity index (χ2n) is 5.34. The van der Waals surface area contributed by atoms with Gasteiger partial charge in [-0.25, -0.2) is 4.39 Å². The van der Waals surface area contributed by atoms with Crippen LogP contribution >= 0.6 is 11.8 Å². The quantitative estimate of drug-likeness (QED) is 0.665. The first-order valence-electron chi connectivity index (χ1n) is 7.80. The first-order valence-corrected chi connectivity index (χ1v) is 8.79. The van der Waals surface area contributed by atoms with E-state index in [1.807, 2.05) is 36.4 Å². The van der Waals surface area contributed by atoms with E-state index < -0.39 is 5.82 Å². The van der Waals surface area contributed by atoms with Crippen LogP contribution in [0, 0.1) is 5.82 Å². The number of thioether (sulfide) groups is 1. The molecule has 2 aromatic carbocycles. The molecule has 0 saturated heterocycles. The molecule has 7 heteroatoms. The molecule has 1 amide bonds. The Kier molecular flexibility index (Phi) is 5.80. The maximum absolute atomic E-state index is 13.1. The molecule has 1 N–H and O–H groups in total. The van der Waals surface area contributed by atoms with E-state index in [0.29, 0.717) is 10.7 Å². The molecule has 0 fully saturated rings. The van der Waals surface area contributed by atoms with Crippen LogP contribution in [0.3, 0.4) is 0 Å². The Morgan fingerprint density at radius 2 is 1.96 bits per heavy atom. The number of hydrogen-bond acceptors (Lipinski definition) is 5. The summed E-state index contributed by atoms with van der Waals surface area (Å²) in [7, 11) is 1.61. The summed E-state index contributed by atoms with van der Waals surface area (Å²) in [6.45, 7) is 0. The fraction of sp³-hybridized carbons (Fsp3) is 0.105. The molecule has 3 aromatic rings. The third-order valence-corrected chi connectivity index (χ3v) is 4.39. The van der Waals surface area contributed by atoms with Gasteiger partial charge in [0, 0.05) is 11.3 Å². The monoisotopic (exact) mass is 369 g/mol. The maximum atomic E-state index is 13.1. The number of carbonyl (C=O) groups is 1. The van der Waals surface area contributed by atoms with Crippen molar-refractivity contribution in [1.29, 1.82) is 0 Å². The third-order valence-electron chi connectivity index (χ3n) is 3.47. The fourth-order valence-electron chi connectivity index (χ4n) is 2.24. The van der Waals surface area contributed by atoms with Crippen LogP contribution in [0.15, 0.2) is 65.7 Å². The topological polar surface area (TPSA) is 64.1 Å². The molecule has 0 aliphatic heterocycles. The van der Waals surface area contributed by atoms with Crippen molar-refractivity contribution < 1.29 is 13.9 Å². The molecule has 5 nitrogen and oxygen atoms in total. The number of benzene rings is 2. The van der Waals surface area contributed by atoms with Gasteiger partial charge in [-0.05, 0) is 42.5 Å². The number of aromatic nitrogens is 2. The first-order chi connectivity index (χ1) is 12.6. The molecule has 0 aliphatic rings. The lowest BCUT2D eigenvalue weighted by Gasteiger charge is -2.06. The number of carbonyl (C=O) groups excluding carboxylic acids is 1. The molecule has 0 aliphatic carbocycles. The highest BCUT2D eigenvalue weighted by molar-refractivity contribution is 7.99. The normalized spacial score (nSPS) is 10.4. The molecule has 0 atom stereocenters. The Hall–Kier alpha value is -2.93. The van der Waals surface area contributed by atoms with Crippen molar-refractivity contribution in [3.8, 4) is 17.0 Å². The minimum atomic E-state index is -0.394. The Morgan fingerprint density at radius 3 is 2.69 bits per heavy atom. The Labute approximate surface area is 154 Å². The SMILES string of the molecule is COc1cccc(-c2ccc(SCC(=O)Nc3cccc(F)c3)nn2)c1. The number of methoxy groups -OCH3 is 1. The fourth-order valence-corrected chi connectivity index (χ4v) is 2.85. The predicted molar refractivity (Wildman–Crippen MR) is 99.8 cm³/mol. The van der Waals surface area contributed by atoms with Crippen molar-refractivity contribution in [3.05, 3.63) is 66.5 Å². The zero-order chi connectivity index (χ0) is 18.4. The first kappa shape index (κ1) is 17.9. The minimum Gasteiger partial charge on any atom is -0.497 e. The molecular formula is C19H16FN3O2S. The van der Waals surface area contributed by atoms with Crippen molar-refractivity contribution in [2.75, 3.05) is 18.2 Å². The summed E-state index contributed by atoms with van der Waals surface area (Å²) in [5.41, 5.74) is 2.05. The van der Waals surface area contributed by atoms with E-state index in [9.17, 15) is 9.18 Å². The van der Waals surface area contributed by atoms with E-state index in [2.05, 4.69) is 15.5 Å². The van der Waals surface area contributed by atoms with Crippen molar-refractivity contribution in [2.24, 2.45) is 0 Å². The van der Waals surface area contributed by atoms with Gasteiger partial charge in [0.1, 0.15) is 16.6 Å². The van der Waals surface area contributed by atoms with Crippen LogP contribution in [-0.2, 0) is 4.79 Å². The molecule has 1 heterocycles. The Balaban J connectivity index is 1.58. The molecule has 0 spiro atoms. The smallest absolute Gasteiger partial charge is 0.234 e. The van der Waals surface area contributed by atoms with Crippen molar-refractivity contribution in [1.82, 2.24) is 10.2 Å². The molecule has 1 aromatic heterocycles. The van der Waals surface area contributed by atoms with Gasteiger partial charge in [0.25, 0.3) is 0 Å². The second-order valence-corrected chi connectivity index (χ2v) is 6.33. The highest BCUT2D eigenvalue weighted by Gasteiger charge is 2.07. The summed E-state index contributed by atoms with van der Waals surface area (Å²) in [5.74, 6) is 0.273. The molecule has 0 saturated carbocycles. The number of halogens is 1. The van der Waals surface area contributed by atoms with Crippen LogP contribution in [0.2, 0.25) is 0 Å². The van der Waals surface area contributed by atoms with Crippen LogP contribution in [0.5, 0.6) is 5.75 Å². The maximum Gasteiger partial charge on any atom is 0.234 e. The lowest BCUT2D eigenvalue weighted by Crippen LogP contribution is -2.14. The van der Waals surface area contributed by atoms with E-state index in [4.69, 9.17) is 4.74 Å². The van der Waals surface area contributed by atoms with Gasteiger partial charge in [0.05, 0.1) is 18.6 Å². The van der Waals surface area contributed by atoms with E-state index in [1.165, 1.54) is 23.9 Å². The van der Waals surface area contributed by atoms with Crippen LogP contribution in [-0.4, -0.2) is 29.0 Å². The molecular weight excluding hydrogens is 353 g/mol. The van der Waals surface area contributed by atoms with E-state index in [1.54, 1.807) is 19.2 Å². The zero-order valence-corrected chi connectivity index (χ0v) is 14.8. The van der Waals surface area contributed by atoms with E-state index >= 15 is 0 Å². The van der Waals surface area contributed by atoms with E-state index in [-0.39, 0.29) is 11.7 Å². The predicted octanol–water partition coefficient (Wildman–Crippen LogP) is 4.02. The summed E-state index contributed by atoms with van der Waals surface area (Å²) >= 11 is 1.26. The highest BCUT2D eigenvalue weighted by atomic mass is 32.2. The van der Waals surface area contributed by atoms with Crippen molar-refractivity contribution >= 4 is 23.4 Å². The van der Waals surface area contributed by atoms with Gasteiger partial charge in [0.15, 0.2) is 0 Å². The standard InChI is InChI=1S/C19H16FN3O2S/c1-25-16-7-2-4-13(10-16)17-8-9-19(23-22-17)26-12-18(24)21-15-6-3-5-14(20)11-15/h2-11H,12H2,1H3,(H,21,24). The van der Waals surface area contributed by atoms with Crippen molar-refractivity contribution in [3.63, 3.8) is 0 Å². The van der Waals surface area contributed by atoms with Crippen LogP contribution in [0.1, 0.15) is 0 Å². The number of nitrogens with zero attached hydrogens (tertiary/aromatic N) is 2. The summed E-state index contributed by atoms with van der Waals surface area (Å²) < 4.78 is 18.3. The number of anilines is 1. The van der Waals surface area contributed by atoms with Gasteiger partial charge in [-0.1, -0.05) is 30.0 Å². The number of hydrogen-bond donors (Lipinski definition) is 1. The molecule has 3 rings (SSSR count). The number of rotatable bonds is 6. The van der Waals surface area contributed by atoms with Gasteiger partial charge in [0.2, 0.25) is 5.91 Å². The zero-order valence-electron chi connectivity index (χ0n) is 14.0. The van der Waals surface area contributed by atoms with Crippen LogP contribution in [0.25, 0.3) is 11.3 Å². The molecule has 26 heavy (non-hydrogen) atoms. The summed E-state index contributed by atoms with van der Waals surface area (Å²) in [4.78, 5) is 11.9. The van der Waals surface area contributed by atoms with Crippen molar-refractivity contribution in [2.45, 2.75) is 5.03 Å². The van der Waals surface area contributed by atoms with Gasteiger partial charge >= 0.3 is 0 Å². The van der Waals surface area contributed by atoms with E-state index in [0.717, 1.165) is 17.0 Å². The largest absolute Gasteiger partial charge is 0.497 e. The molecule has 0 bridgehead atoms. The molecule has 132 valence electrons. The highest BCUT2D eigenvalue weighted by Crippen LogP contribution is 2.23. The second kappa shape index (κ2) is 8.44. The van der Waals surface area contributed by atoms with Gasteiger partial charge in [-0.3, -0.25) is 4.79 Å². The lowest BCUT2D eigenvalue weighted by molar-refractivity contribution is -0.113.